The molecule has 1 unspecified atom stereocenters. The highest BCUT2D eigenvalue weighted by molar-refractivity contribution is 9.10. The Balaban J connectivity index is 2.30. The molecular weight excluding hydrogens is 260 g/mol. The van der Waals surface area contributed by atoms with Gasteiger partial charge in [0.15, 0.2) is 0 Å². The lowest BCUT2D eigenvalue weighted by Gasteiger charge is -2.13. The lowest BCUT2D eigenvalue weighted by atomic mass is 10.3. The predicted octanol–water partition coefficient (Wildman–Crippen LogP) is 0.612. The van der Waals surface area contributed by atoms with Crippen molar-refractivity contribution in [3.63, 3.8) is 0 Å². The van der Waals surface area contributed by atoms with Gasteiger partial charge in [0.05, 0.1) is 10.2 Å². The van der Waals surface area contributed by atoms with E-state index in [1.807, 2.05) is 6.92 Å². The highest BCUT2D eigenvalue weighted by atomic mass is 79.9. The van der Waals surface area contributed by atoms with Crippen LogP contribution < -0.4 is 10.6 Å². The number of hydrogen-bond donors (Lipinski definition) is 1. The quantitative estimate of drug-likeness (QED) is 0.812. The number of nitrogens with zero attached hydrogens (tertiary/aromatic N) is 3. The Morgan fingerprint density at radius 3 is 2.93 bits per heavy atom. The number of halogens is 1. The van der Waals surface area contributed by atoms with Crippen molar-refractivity contribution in [3.05, 3.63) is 16.4 Å². The van der Waals surface area contributed by atoms with Crippen molar-refractivity contribution in [2.24, 2.45) is 5.73 Å². The van der Waals surface area contributed by atoms with E-state index >= 15 is 0 Å². The Morgan fingerprint density at radius 2 is 2.40 bits per heavy atom. The summed E-state index contributed by atoms with van der Waals surface area (Å²) in [6.45, 7) is 2.36. The fraction of sp³-hybridized carbons (Fsp3) is 0.444. The second kappa shape index (κ2) is 3.86. The number of amides is 1. The molecule has 0 saturated carbocycles. The summed E-state index contributed by atoms with van der Waals surface area (Å²) in [5, 5.41) is 0. The molecule has 1 aliphatic rings. The number of carbonyl (C=O) groups is 1. The predicted molar refractivity (Wildman–Crippen MR) is 59.4 cm³/mol. The van der Waals surface area contributed by atoms with Crippen LogP contribution in [-0.4, -0.2) is 28.5 Å². The molecule has 0 aliphatic carbocycles. The van der Waals surface area contributed by atoms with E-state index in [0.29, 0.717) is 18.9 Å². The summed E-state index contributed by atoms with van der Waals surface area (Å²) in [6, 6.07) is -0.106. The van der Waals surface area contributed by atoms with Crippen LogP contribution in [0.2, 0.25) is 0 Å². The van der Waals surface area contributed by atoms with Gasteiger partial charge in [-0.15, -0.1) is 0 Å². The molecule has 2 N–H and O–H groups in total. The summed E-state index contributed by atoms with van der Waals surface area (Å²) < 4.78 is 0.835. The summed E-state index contributed by atoms with van der Waals surface area (Å²) in [5.74, 6) is 0.429. The van der Waals surface area contributed by atoms with E-state index in [0.717, 1.165) is 10.2 Å². The molecule has 0 radical (unpaired) electrons. The van der Waals surface area contributed by atoms with Gasteiger partial charge in [-0.2, -0.15) is 0 Å². The zero-order valence-corrected chi connectivity index (χ0v) is 9.86. The number of carbonyl (C=O) groups excluding carboxylic acids is 1. The smallest absolute Gasteiger partial charge is 0.232 e. The van der Waals surface area contributed by atoms with Gasteiger partial charge in [-0.25, -0.2) is 9.97 Å². The highest BCUT2D eigenvalue weighted by Gasteiger charge is 2.29. The van der Waals surface area contributed by atoms with Crippen LogP contribution in [0.3, 0.4) is 0 Å². The largest absolute Gasteiger partial charge is 0.326 e. The summed E-state index contributed by atoms with van der Waals surface area (Å²) in [5.41, 5.74) is 6.51. The number of nitrogens with two attached hydrogens (primary N) is 1. The number of anilines is 1. The van der Waals surface area contributed by atoms with E-state index < -0.39 is 0 Å². The first-order valence-corrected chi connectivity index (χ1v) is 5.42. The molecule has 0 spiro atoms. The highest BCUT2D eigenvalue weighted by Crippen LogP contribution is 2.19. The van der Waals surface area contributed by atoms with E-state index in [1.54, 1.807) is 6.20 Å². The first-order chi connectivity index (χ1) is 7.08. The molecule has 6 heteroatoms. The molecule has 1 aliphatic heterocycles. The summed E-state index contributed by atoms with van der Waals surface area (Å²) in [4.78, 5) is 21.4. The Morgan fingerprint density at radius 1 is 1.67 bits per heavy atom. The van der Waals surface area contributed by atoms with Crippen LogP contribution >= 0.6 is 15.9 Å². The van der Waals surface area contributed by atoms with Gasteiger partial charge in [-0.1, -0.05) is 0 Å². The third-order valence-electron chi connectivity index (χ3n) is 2.30. The monoisotopic (exact) mass is 270 g/mol. The first kappa shape index (κ1) is 10.5. The van der Waals surface area contributed by atoms with Crippen molar-refractivity contribution >= 4 is 27.8 Å². The maximum Gasteiger partial charge on any atom is 0.232 e. The average Bonchev–Trinajstić information content (AvgIpc) is 2.50. The molecule has 1 atom stereocenters. The molecule has 1 amide bonds. The number of aromatic nitrogens is 2. The maximum absolute atomic E-state index is 11.5. The Labute approximate surface area is 95.8 Å². The topological polar surface area (TPSA) is 72.1 Å². The molecule has 1 saturated heterocycles. The molecular formula is C9H11BrN4O. The van der Waals surface area contributed by atoms with Crippen LogP contribution in [0.25, 0.3) is 0 Å². The molecule has 1 fully saturated rings. The van der Waals surface area contributed by atoms with Gasteiger partial charge in [0.2, 0.25) is 11.9 Å². The van der Waals surface area contributed by atoms with Crippen LogP contribution in [0.5, 0.6) is 0 Å². The molecule has 1 aromatic heterocycles. The van der Waals surface area contributed by atoms with Crippen molar-refractivity contribution in [1.82, 2.24) is 9.97 Å². The van der Waals surface area contributed by atoms with Crippen molar-refractivity contribution in [1.29, 1.82) is 0 Å². The van der Waals surface area contributed by atoms with E-state index in [-0.39, 0.29) is 11.9 Å². The minimum Gasteiger partial charge on any atom is -0.326 e. The second-order valence-corrected chi connectivity index (χ2v) is 4.43. The molecule has 2 heterocycles. The minimum absolute atomic E-state index is 0.00998. The summed E-state index contributed by atoms with van der Waals surface area (Å²) in [7, 11) is 0. The van der Waals surface area contributed by atoms with Crippen LogP contribution in [0, 0.1) is 6.92 Å². The van der Waals surface area contributed by atoms with Crippen molar-refractivity contribution in [3.8, 4) is 0 Å². The number of rotatable bonds is 1. The fourth-order valence-corrected chi connectivity index (χ4v) is 1.69. The third-order valence-corrected chi connectivity index (χ3v) is 3.08. The lowest BCUT2D eigenvalue weighted by molar-refractivity contribution is -0.117. The number of aryl methyl sites for hydroxylation is 1. The van der Waals surface area contributed by atoms with E-state index in [9.17, 15) is 4.79 Å². The van der Waals surface area contributed by atoms with Gasteiger partial charge in [0, 0.05) is 25.2 Å². The normalized spacial score (nSPS) is 21.1. The van der Waals surface area contributed by atoms with Gasteiger partial charge in [0.1, 0.15) is 0 Å². The zero-order valence-electron chi connectivity index (χ0n) is 8.27. The summed E-state index contributed by atoms with van der Waals surface area (Å²) in [6.07, 6.45) is 2.02. The van der Waals surface area contributed by atoms with Crippen LogP contribution in [-0.2, 0) is 4.79 Å². The molecule has 0 bridgehead atoms. The van der Waals surface area contributed by atoms with Crippen LogP contribution in [0.15, 0.2) is 10.7 Å². The van der Waals surface area contributed by atoms with Crippen molar-refractivity contribution in [2.45, 2.75) is 19.4 Å². The second-order valence-electron chi connectivity index (χ2n) is 3.57. The third kappa shape index (κ3) is 2.00. The maximum atomic E-state index is 11.5. The first-order valence-electron chi connectivity index (χ1n) is 4.63. The molecule has 1 aromatic rings. The van der Waals surface area contributed by atoms with Crippen LogP contribution in [0.1, 0.15) is 12.1 Å². The summed E-state index contributed by atoms with van der Waals surface area (Å²) >= 11 is 3.31. The lowest BCUT2D eigenvalue weighted by Crippen LogP contribution is -2.29. The van der Waals surface area contributed by atoms with Crippen molar-refractivity contribution < 1.29 is 4.79 Å². The molecule has 2 rings (SSSR count). The minimum atomic E-state index is -0.106. The van der Waals surface area contributed by atoms with E-state index in [4.69, 9.17) is 5.73 Å². The van der Waals surface area contributed by atoms with Crippen LogP contribution in [0.4, 0.5) is 5.95 Å². The molecule has 15 heavy (non-hydrogen) atoms. The van der Waals surface area contributed by atoms with Gasteiger partial charge in [-0.05, 0) is 22.9 Å². The zero-order chi connectivity index (χ0) is 11.0. The fourth-order valence-electron chi connectivity index (χ4n) is 1.50. The van der Waals surface area contributed by atoms with Gasteiger partial charge in [0.25, 0.3) is 0 Å². The van der Waals surface area contributed by atoms with Gasteiger partial charge < -0.3 is 5.73 Å². The Kier molecular flexibility index (Phi) is 2.70. The van der Waals surface area contributed by atoms with Crippen molar-refractivity contribution in [2.75, 3.05) is 11.4 Å². The Bertz CT molecular complexity index is 409. The standard InChI is InChI=1S/C9H11BrN4O/c1-5-7(10)3-12-9(13-5)14-4-6(11)2-8(14)15/h3,6H,2,4,11H2,1H3. The van der Waals surface area contributed by atoms with Gasteiger partial charge in [-0.3, -0.25) is 9.69 Å². The average molecular weight is 271 g/mol. The number of hydrogen-bond acceptors (Lipinski definition) is 4. The van der Waals surface area contributed by atoms with E-state index in [2.05, 4.69) is 25.9 Å². The molecule has 80 valence electrons. The van der Waals surface area contributed by atoms with Gasteiger partial charge >= 0.3 is 0 Å². The molecule has 0 aromatic carbocycles. The SMILES string of the molecule is Cc1nc(N2CC(N)CC2=O)ncc1Br. The van der Waals surface area contributed by atoms with E-state index in [1.165, 1.54) is 4.90 Å². The Hall–Kier alpha value is -1.01. The molecule has 5 nitrogen and oxygen atoms in total.